The van der Waals surface area contributed by atoms with E-state index in [1.165, 1.54) is 0 Å². The van der Waals surface area contributed by atoms with Gasteiger partial charge in [-0.25, -0.2) is 0 Å². The molecule has 0 bridgehead atoms. The van der Waals surface area contributed by atoms with E-state index in [0.717, 1.165) is 20.9 Å². The van der Waals surface area contributed by atoms with Crippen molar-refractivity contribution in [1.82, 2.24) is 14.8 Å². The van der Waals surface area contributed by atoms with E-state index in [1.54, 1.807) is 17.1 Å². The molecule has 1 atom stereocenters. The third kappa shape index (κ3) is 2.74. The van der Waals surface area contributed by atoms with Crippen LogP contribution in [-0.4, -0.2) is 20.7 Å². The van der Waals surface area contributed by atoms with Crippen LogP contribution >= 0.6 is 15.9 Å². The second-order valence-corrected chi connectivity index (χ2v) is 6.01. The molecule has 112 valence electrons. The van der Waals surface area contributed by atoms with Crippen LogP contribution < -0.4 is 5.32 Å². The van der Waals surface area contributed by atoms with Crippen molar-refractivity contribution in [3.8, 4) is 0 Å². The summed E-state index contributed by atoms with van der Waals surface area (Å²) in [6.45, 7) is 3.76. The number of carbonyl (C=O) groups is 1. The first-order valence-corrected chi connectivity index (χ1v) is 7.70. The quantitative estimate of drug-likeness (QED) is 0.776. The number of nitrogens with one attached hydrogen (secondary N) is 1. The number of anilines is 1. The van der Waals surface area contributed by atoms with Crippen molar-refractivity contribution in [1.29, 1.82) is 0 Å². The summed E-state index contributed by atoms with van der Waals surface area (Å²) in [5, 5.41) is 8.09. The molecule has 3 aromatic rings. The fourth-order valence-corrected chi connectivity index (χ4v) is 2.69. The zero-order valence-electron chi connectivity index (χ0n) is 12.2. The summed E-state index contributed by atoms with van der Waals surface area (Å²) in [7, 11) is 0. The number of pyridine rings is 1. The SMILES string of the molecule is Cc1cnn(C(C)C(=O)Nc2ccc(Br)c3cccnc23)c1. The summed E-state index contributed by atoms with van der Waals surface area (Å²) < 4.78 is 2.60. The second-order valence-electron chi connectivity index (χ2n) is 5.16. The summed E-state index contributed by atoms with van der Waals surface area (Å²) >= 11 is 3.50. The molecule has 1 amide bonds. The molecular formula is C16H15BrN4O. The lowest BCUT2D eigenvalue weighted by Crippen LogP contribution is -2.24. The minimum atomic E-state index is -0.392. The van der Waals surface area contributed by atoms with Gasteiger partial charge in [0.05, 0.1) is 17.4 Å². The number of nitrogens with zero attached hydrogens (tertiary/aromatic N) is 3. The lowest BCUT2D eigenvalue weighted by atomic mass is 10.2. The fourth-order valence-electron chi connectivity index (χ4n) is 2.24. The number of hydrogen-bond donors (Lipinski definition) is 1. The number of halogens is 1. The molecular weight excluding hydrogens is 344 g/mol. The van der Waals surface area contributed by atoms with Crippen molar-refractivity contribution in [2.45, 2.75) is 19.9 Å². The molecule has 2 heterocycles. The first kappa shape index (κ1) is 14.7. The molecule has 0 saturated heterocycles. The Hall–Kier alpha value is -2.21. The Morgan fingerprint density at radius 3 is 2.91 bits per heavy atom. The Labute approximate surface area is 136 Å². The number of carbonyl (C=O) groups excluding carboxylic acids is 1. The predicted molar refractivity (Wildman–Crippen MR) is 89.7 cm³/mol. The molecule has 3 rings (SSSR count). The topological polar surface area (TPSA) is 59.8 Å². The minimum Gasteiger partial charge on any atom is -0.322 e. The van der Waals surface area contributed by atoms with Gasteiger partial charge in [-0.15, -0.1) is 0 Å². The maximum atomic E-state index is 12.4. The van der Waals surface area contributed by atoms with Gasteiger partial charge in [0.25, 0.3) is 0 Å². The van der Waals surface area contributed by atoms with Crippen LogP contribution in [0, 0.1) is 6.92 Å². The fraction of sp³-hybridized carbons (Fsp3) is 0.188. The molecule has 22 heavy (non-hydrogen) atoms. The highest BCUT2D eigenvalue weighted by molar-refractivity contribution is 9.10. The number of rotatable bonds is 3. The average molecular weight is 359 g/mol. The Bertz CT molecular complexity index is 843. The van der Waals surface area contributed by atoms with Crippen LogP contribution in [-0.2, 0) is 4.79 Å². The van der Waals surface area contributed by atoms with Crippen molar-refractivity contribution in [3.63, 3.8) is 0 Å². The third-order valence-electron chi connectivity index (χ3n) is 3.48. The first-order chi connectivity index (χ1) is 10.6. The summed E-state index contributed by atoms with van der Waals surface area (Å²) in [5.41, 5.74) is 2.48. The summed E-state index contributed by atoms with van der Waals surface area (Å²) in [5.74, 6) is -0.127. The van der Waals surface area contributed by atoms with Crippen LogP contribution in [0.15, 0.2) is 47.3 Å². The Balaban J connectivity index is 1.90. The van der Waals surface area contributed by atoms with Gasteiger partial charge in [0, 0.05) is 22.3 Å². The van der Waals surface area contributed by atoms with Crippen LogP contribution in [0.5, 0.6) is 0 Å². The van der Waals surface area contributed by atoms with Crippen molar-refractivity contribution in [3.05, 3.63) is 52.9 Å². The van der Waals surface area contributed by atoms with E-state index in [1.807, 2.05) is 44.3 Å². The largest absolute Gasteiger partial charge is 0.322 e. The van der Waals surface area contributed by atoms with Crippen LogP contribution in [0.2, 0.25) is 0 Å². The minimum absolute atomic E-state index is 0.127. The highest BCUT2D eigenvalue weighted by Crippen LogP contribution is 2.28. The van der Waals surface area contributed by atoms with Gasteiger partial charge in [-0.2, -0.15) is 5.10 Å². The number of amides is 1. The highest BCUT2D eigenvalue weighted by Gasteiger charge is 2.17. The second kappa shape index (κ2) is 5.88. The summed E-state index contributed by atoms with van der Waals surface area (Å²) in [4.78, 5) is 16.8. The summed E-state index contributed by atoms with van der Waals surface area (Å²) in [6.07, 6.45) is 5.30. The van der Waals surface area contributed by atoms with Crippen LogP contribution in [0.3, 0.4) is 0 Å². The molecule has 5 nitrogen and oxygen atoms in total. The number of hydrogen-bond acceptors (Lipinski definition) is 3. The van der Waals surface area contributed by atoms with Crippen molar-refractivity contribution in [2.24, 2.45) is 0 Å². The van der Waals surface area contributed by atoms with Gasteiger partial charge in [-0.3, -0.25) is 14.5 Å². The average Bonchev–Trinajstić information content (AvgIpc) is 2.96. The van der Waals surface area contributed by atoms with E-state index in [0.29, 0.717) is 5.69 Å². The van der Waals surface area contributed by atoms with Crippen molar-refractivity contribution < 1.29 is 4.79 Å². The van der Waals surface area contributed by atoms with Gasteiger partial charge >= 0.3 is 0 Å². The third-order valence-corrected chi connectivity index (χ3v) is 4.17. The normalized spacial score (nSPS) is 12.3. The van der Waals surface area contributed by atoms with Gasteiger partial charge < -0.3 is 5.32 Å². The Kier molecular flexibility index (Phi) is 3.94. The molecule has 1 N–H and O–H groups in total. The molecule has 2 aromatic heterocycles. The lowest BCUT2D eigenvalue weighted by Gasteiger charge is -2.14. The molecule has 0 aliphatic rings. The molecule has 1 unspecified atom stereocenters. The summed E-state index contributed by atoms with van der Waals surface area (Å²) in [6, 6.07) is 7.19. The maximum absolute atomic E-state index is 12.4. The van der Waals surface area contributed by atoms with Crippen LogP contribution in [0.25, 0.3) is 10.9 Å². The molecule has 6 heteroatoms. The van der Waals surface area contributed by atoms with E-state index in [-0.39, 0.29) is 5.91 Å². The Morgan fingerprint density at radius 2 is 2.18 bits per heavy atom. The smallest absolute Gasteiger partial charge is 0.249 e. The standard InChI is InChI=1S/C16H15BrN4O/c1-10-8-19-21(9-10)11(2)16(22)20-14-6-5-13(17)12-4-3-7-18-15(12)14/h3-9,11H,1-2H3,(H,20,22). The molecule has 0 aliphatic heterocycles. The first-order valence-electron chi connectivity index (χ1n) is 6.91. The van der Waals surface area contributed by atoms with Gasteiger partial charge in [0.1, 0.15) is 6.04 Å². The molecule has 0 fully saturated rings. The Morgan fingerprint density at radius 1 is 1.36 bits per heavy atom. The zero-order valence-corrected chi connectivity index (χ0v) is 13.8. The number of aromatic nitrogens is 3. The number of benzene rings is 1. The van der Waals surface area contributed by atoms with E-state index in [2.05, 4.69) is 31.3 Å². The van der Waals surface area contributed by atoms with Crippen molar-refractivity contribution >= 4 is 38.4 Å². The van der Waals surface area contributed by atoms with E-state index < -0.39 is 6.04 Å². The monoisotopic (exact) mass is 358 g/mol. The highest BCUT2D eigenvalue weighted by atomic mass is 79.9. The lowest BCUT2D eigenvalue weighted by molar-refractivity contribution is -0.119. The molecule has 0 radical (unpaired) electrons. The van der Waals surface area contributed by atoms with Gasteiger partial charge in [-0.05, 0) is 37.6 Å². The van der Waals surface area contributed by atoms with Crippen LogP contribution in [0.1, 0.15) is 18.5 Å². The molecule has 0 saturated carbocycles. The van der Waals surface area contributed by atoms with Gasteiger partial charge in [-0.1, -0.05) is 22.0 Å². The molecule has 0 spiro atoms. The van der Waals surface area contributed by atoms with E-state index in [9.17, 15) is 4.79 Å². The van der Waals surface area contributed by atoms with E-state index in [4.69, 9.17) is 0 Å². The van der Waals surface area contributed by atoms with Gasteiger partial charge in [0.2, 0.25) is 5.91 Å². The predicted octanol–water partition coefficient (Wildman–Crippen LogP) is 3.70. The van der Waals surface area contributed by atoms with Gasteiger partial charge in [0.15, 0.2) is 0 Å². The maximum Gasteiger partial charge on any atom is 0.249 e. The molecule has 0 aliphatic carbocycles. The van der Waals surface area contributed by atoms with E-state index >= 15 is 0 Å². The number of aryl methyl sites for hydroxylation is 1. The van der Waals surface area contributed by atoms with Crippen molar-refractivity contribution in [2.75, 3.05) is 5.32 Å². The molecule has 1 aromatic carbocycles. The number of fused-ring (bicyclic) bond motifs is 1. The van der Waals surface area contributed by atoms with Crippen LogP contribution in [0.4, 0.5) is 5.69 Å². The zero-order chi connectivity index (χ0) is 15.7.